The number of aromatic nitrogens is 1. The Labute approximate surface area is 149 Å². The number of pyridine rings is 1. The van der Waals surface area contributed by atoms with Crippen LogP contribution >= 0.6 is 0 Å². The standard InChI is InChI=1S/C20H26N4O/c1-16(2)17-6-8-18(9-7-17)22-15-20(25)24-13-11-23(12-14-24)19-5-3-4-10-21-19/h3-10,16,22H,11-15H2,1-2H3. The predicted octanol–water partition coefficient (Wildman–Crippen LogP) is 2.97. The number of anilines is 2. The molecule has 1 amide bonds. The third-order valence-electron chi connectivity index (χ3n) is 4.63. The summed E-state index contributed by atoms with van der Waals surface area (Å²) in [6.45, 7) is 7.82. The molecule has 132 valence electrons. The van der Waals surface area contributed by atoms with Crippen LogP contribution < -0.4 is 10.2 Å². The highest BCUT2D eigenvalue weighted by atomic mass is 16.2. The van der Waals surface area contributed by atoms with Crippen LogP contribution in [0, 0.1) is 0 Å². The zero-order valence-corrected chi connectivity index (χ0v) is 15.0. The van der Waals surface area contributed by atoms with Crippen molar-refractivity contribution < 1.29 is 4.79 Å². The second-order valence-corrected chi connectivity index (χ2v) is 6.69. The van der Waals surface area contributed by atoms with Gasteiger partial charge in [-0.3, -0.25) is 4.79 Å². The Morgan fingerprint density at radius 3 is 2.40 bits per heavy atom. The van der Waals surface area contributed by atoms with Gasteiger partial charge < -0.3 is 15.1 Å². The van der Waals surface area contributed by atoms with E-state index in [1.165, 1.54) is 5.56 Å². The van der Waals surface area contributed by atoms with Crippen molar-refractivity contribution in [3.63, 3.8) is 0 Å². The van der Waals surface area contributed by atoms with E-state index in [4.69, 9.17) is 0 Å². The second-order valence-electron chi connectivity index (χ2n) is 6.69. The maximum Gasteiger partial charge on any atom is 0.241 e. The molecule has 1 saturated heterocycles. The average Bonchev–Trinajstić information content (AvgIpc) is 2.67. The molecule has 0 atom stereocenters. The molecule has 2 aromatic rings. The topological polar surface area (TPSA) is 48.5 Å². The highest BCUT2D eigenvalue weighted by Crippen LogP contribution is 2.17. The number of hydrogen-bond donors (Lipinski definition) is 1. The predicted molar refractivity (Wildman–Crippen MR) is 102 cm³/mol. The molecule has 1 fully saturated rings. The Morgan fingerprint density at radius 1 is 1.08 bits per heavy atom. The fourth-order valence-electron chi connectivity index (χ4n) is 3.00. The lowest BCUT2D eigenvalue weighted by Gasteiger charge is -2.35. The van der Waals surface area contributed by atoms with E-state index in [0.717, 1.165) is 37.7 Å². The van der Waals surface area contributed by atoms with Crippen molar-refractivity contribution >= 4 is 17.4 Å². The van der Waals surface area contributed by atoms with Crippen molar-refractivity contribution in [1.29, 1.82) is 0 Å². The molecule has 0 bridgehead atoms. The zero-order valence-electron chi connectivity index (χ0n) is 15.0. The number of nitrogens with one attached hydrogen (secondary N) is 1. The highest BCUT2D eigenvalue weighted by molar-refractivity contribution is 5.81. The SMILES string of the molecule is CC(C)c1ccc(NCC(=O)N2CCN(c3ccccn3)CC2)cc1. The van der Waals surface area contributed by atoms with E-state index < -0.39 is 0 Å². The number of benzene rings is 1. The minimum Gasteiger partial charge on any atom is -0.376 e. The van der Waals surface area contributed by atoms with Gasteiger partial charge in [0.1, 0.15) is 5.82 Å². The van der Waals surface area contributed by atoms with Gasteiger partial charge in [-0.2, -0.15) is 0 Å². The smallest absolute Gasteiger partial charge is 0.241 e. The molecule has 1 aromatic heterocycles. The first-order valence-electron chi connectivity index (χ1n) is 8.91. The van der Waals surface area contributed by atoms with Gasteiger partial charge in [0, 0.05) is 38.1 Å². The number of hydrogen-bond acceptors (Lipinski definition) is 4. The first-order valence-corrected chi connectivity index (χ1v) is 8.91. The normalized spacial score (nSPS) is 14.7. The number of carbonyl (C=O) groups excluding carboxylic acids is 1. The van der Waals surface area contributed by atoms with Crippen LogP contribution in [0.3, 0.4) is 0 Å². The largest absolute Gasteiger partial charge is 0.376 e. The van der Waals surface area contributed by atoms with Crippen LogP contribution in [-0.4, -0.2) is 48.5 Å². The molecule has 0 unspecified atom stereocenters. The molecule has 1 aliphatic heterocycles. The van der Waals surface area contributed by atoms with Gasteiger partial charge in [0.25, 0.3) is 0 Å². The van der Waals surface area contributed by atoms with E-state index in [1.807, 2.05) is 35.2 Å². The number of amides is 1. The Balaban J connectivity index is 1.46. The molecule has 25 heavy (non-hydrogen) atoms. The van der Waals surface area contributed by atoms with Crippen LogP contribution in [0.2, 0.25) is 0 Å². The van der Waals surface area contributed by atoms with Crippen LogP contribution in [0.25, 0.3) is 0 Å². The quantitative estimate of drug-likeness (QED) is 0.910. The van der Waals surface area contributed by atoms with Crippen LogP contribution in [0.4, 0.5) is 11.5 Å². The van der Waals surface area contributed by atoms with Crippen molar-refractivity contribution in [1.82, 2.24) is 9.88 Å². The lowest BCUT2D eigenvalue weighted by Crippen LogP contribution is -2.50. The third-order valence-corrected chi connectivity index (χ3v) is 4.63. The Bertz CT molecular complexity index is 677. The van der Waals surface area contributed by atoms with Gasteiger partial charge in [0.2, 0.25) is 5.91 Å². The summed E-state index contributed by atoms with van der Waals surface area (Å²) >= 11 is 0. The molecule has 5 nitrogen and oxygen atoms in total. The molecule has 0 aliphatic carbocycles. The summed E-state index contributed by atoms with van der Waals surface area (Å²) in [5.74, 6) is 1.65. The minimum absolute atomic E-state index is 0.147. The maximum absolute atomic E-state index is 12.4. The van der Waals surface area contributed by atoms with E-state index in [1.54, 1.807) is 6.20 Å². The molecule has 5 heteroatoms. The van der Waals surface area contributed by atoms with Crippen LogP contribution in [-0.2, 0) is 4.79 Å². The summed E-state index contributed by atoms with van der Waals surface area (Å²) in [5.41, 5.74) is 2.30. The van der Waals surface area contributed by atoms with Gasteiger partial charge in [0.05, 0.1) is 6.54 Å². The van der Waals surface area contributed by atoms with Crippen molar-refractivity contribution in [2.24, 2.45) is 0 Å². The van der Waals surface area contributed by atoms with Crippen LogP contribution in [0.15, 0.2) is 48.7 Å². The summed E-state index contributed by atoms with van der Waals surface area (Å²) in [4.78, 5) is 20.9. The molecular weight excluding hydrogens is 312 g/mol. The molecule has 0 radical (unpaired) electrons. The zero-order chi connectivity index (χ0) is 17.6. The summed E-state index contributed by atoms with van der Waals surface area (Å²) in [6.07, 6.45) is 1.81. The first-order chi connectivity index (χ1) is 12.1. The van der Waals surface area contributed by atoms with E-state index >= 15 is 0 Å². The maximum atomic E-state index is 12.4. The van der Waals surface area contributed by atoms with Crippen molar-refractivity contribution in [2.45, 2.75) is 19.8 Å². The molecule has 0 saturated carbocycles. The van der Waals surface area contributed by atoms with Crippen molar-refractivity contribution in [3.8, 4) is 0 Å². The molecule has 1 N–H and O–H groups in total. The third kappa shape index (κ3) is 4.50. The lowest BCUT2D eigenvalue weighted by atomic mass is 10.0. The molecule has 0 spiro atoms. The van der Waals surface area contributed by atoms with E-state index in [-0.39, 0.29) is 5.91 Å². The average molecular weight is 338 g/mol. The van der Waals surface area contributed by atoms with E-state index in [0.29, 0.717) is 12.5 Å². The van der Waals surface area contributed by atoms with Crippen molar-refractivity contribution in [3.05, 3.63) is 54.2 Å². The van der Waals surface area contributed by atoms with Crippen LogP contribution in [0.5, 0.6) is 0 Å². The fourth-order valence-corrected chi connectivity index (χ4v) is 3.00. The Morgan fingerprint density at radius 2 is 1.80 bits per heavy atom. The highest BCUT2D eigenvalue weighted by Gasteiger charge is 2.21. The Hall–Kier alpha value is -2.56. The summed E-state index contributed by atoms with van der Waals surface area (Å²) < 4.78 is 0. The van der Waals surface area contributed by atoms with E-state index in [2.05, 4.69) is 41.2 Å². The monoisotopic (exact) mass is 338 g/mol. The van der Waals surface area contributed by atoms with Gasteiger partial charge in [-0.15, -0.1) is 0 Å². The van der Waals surface area contributed by atoms with Gasteiger partial charge in [-0.1, -0.05) is 32.0 Å². The molecular formula is C20H26N4O. The second kappa shape index (κ2) is 8.01. The van der Waals surface area contributed by atoms with E-state index in [9.17, 15) is 4.79 Å². The van der Waals surface area contributed by atoms with Gasteiger partial charge in [0.15, 0.2) is 0 Å². The van der Waals surface area contributed by atoms with Crippen LogP contribution in [0.1, 0.15) is 25.3 Å². The fraction of sp³-hybridized carbons (Fsp3) is 0.400. The summed E-state index contributed by atoms with van der Waals surface area (Å²) in [6, 6.07) is 14.2. The number of carbonyl (C=O) groups is 1. The molecule has 1 aliphatic rings. The summed E-state index contributed by atoms with van der Waals surface area (Å²) in [5, 5.41) is 3.23. The molecule has 2 heterocycles. The first kappa shape index (κ1) is 17.3. The molecule has 1 aromatic carbocycles. The number of nitrogens with zero attached hydrogens (tertiary/aromatic N) is 3. The van der Waals surface area contributed by atoms with Gasteiger partial charge >= 0.3 is 0 Å². The Kier molecular flexibility index (Phi) is 5.53. The van der Waals surface area contributed by atoms with Gasteiger partial charge in [-0.25, -0.2) is 4.98 Å². The minimum atomic E-state index is 0.147. The van der Waals surface area contributed by atoms with Crippen molar-refractivity contribution in [2.75, 3.05) is 42.9 Å². The van der Waals surface area contributed by atoms with Gasteiger partial charge in [-0.05, 0) is 35.7 Å². The molecule has 3 rings (SSSR count). The number of rotatable bonds is 5. The summed E-state index contributed by atoms with van der Waals surface area (Å²) in [7, 11) is 0. The lowest BCUT2D eigenvalue weighted by molar-refractivity contribution is -0.129. The number of piperazine rings is 1.